The third-order valence-electron chi connectivity index (χ3n) is 2.21. The maximum Gasteiger partial charge on any atom is 0.451 e. The molecule has 8 heteroatoms. The molecule has 1 aromatic heterocycles. The van der Waals surface area contributed by atoms with Crippen molar-refractivity contribution in [3.63, 3.8) is 0 Å². The van der Waals surface area contributed by atoms with Crippen molar-refractivity contribution in [3.05, 3.63) is 17.0 Å². The number of aliphatic hydroxyl groups is 1. The number of rotatable bonds is 4. The SMILES string of the molecule is CC(C)C(O)CNc1cc(Cl)nc(C(F)(F)F)n1. The number of halogens is 4. The quantitative estimate of drug-likeness (QED) is 0.834. The lowest BCUT2D eigenvalue weighted by Gasteiger charge is -2.16. The van der Waals surface area contributed by atoms with E-state index in [0.717, 1.165) is 0 Å². The summed E-state index contributed by atoms with van der Waals surface area (Å²) in [6.07, 6.45) is -5.34. The molecule has 0 spiro atoms. The van der Waals surface area contributed by atoms with Crippen LogP contribution >= 0.6 is 11.6 Å². The summed E-state index contributed by atoms with van der Waals surface area (Å²) in [6.45, 7) is 3.67. The van der Waals surface area contributed by atoms with Crippen molar-refractivity contribution in [2.45, 2.75) is 26.1 Å². The van der Waals surface area contributed by atoms with Gasteiger partial charge in [0.25, 0.3) is 0 Å². The number of aromatic nitrogens is 2. The lowest BCUT2D eigenvalue weighted by molar-refractivity contribution is -0.144. The Bertz CT molecular complexity index is 412. The van der Waals surface area contributed by atoms with Crippen LogP contribution in [0.1, 0.15) is 19.7 Å². The lowest BCUT2D eigenvalue weighted by atomic mass is 10.1. The molecule has 0 fully saturated rings. The fourth-order valence-electron chi connectivity index (χ4n) is 1.08. The molecule has 0 bridgehead atoms. The van der Waals surface area contributed by atoms with Crippen LogP contribution in [0.15, 0.2) is 6.07 Å². The van der Waals surface area contributed by atoms with Gasteiger partial charge in [-0.3, -0.25) is 0 Å². The third kappa shape index (κ3) is 4.30. The van der Waals surface area contributed by atoms with E-state index >= 15 is 0 Å². The predicted molar refractivity (Wildman–Crippen MR) is 61.4 cm³/mol. The van der Waals surface area contributed by atoms with Crippen LogP contribution in [0.5, 0.6) is 0 Å². The Balaban J connectivity index is 2.81. The second-order valence-corrected chi connectivity index (χ2v) is 4.48. The van der Waals surface area contributed by atoms with E-state index in [4.69, 9.17) is 11.6 Å². The van der Waals surface area contributed by atoms with Gasteiger partial charge in [-0.2, -0.15) is 13.2 Å². The smallest absolute Gasteiger partial charge is 0.391 e. The van der Waals surface area contributed by atoms with Crippen molar-refractivity contribution in [2.24, 2.45) is 5.92 Å². The molecule has 102 valence electrons. The van der Waals surface area contributed by atoms with Crippen LogP contribution in [0.2, 0.25) is 5.15 Å². The number of nitrogens with zero attached hydrogens (tertiary/aromatic N) is 2. The van der Waals surface area contributed by atoms with Gasteiger partial charge in [0, 0.05) is 12.6 Å². The van der Waals surface area contributed by atoms with Crippen LogP contribution in [0, 0.1) is 5.92 Å². The molecule has 0 radical (unpaired) electrons. The molecule has 18 heavy (non-hydrogen) atoms. The Morgan fingerprint density at radius 1 is 1.39 bits per heavy atom. The van der Waals surface area contributed by atoms with Crippen molar-refractivity contribution < 1.29 is 18.3 Å². The van der Waals surface area contributed by atoms with Crippen LogP contribution in [-0.4, -0.2) is 27.7 Å². The number of nitrogens with one attached hydrogen (secondary N) is 1. The molecule has 4 nitrogen and oxygen atoms in total. The van der Waals surface area contributed by atoms with Crippen molar-refractivity contribution in [3.8, 4) is 0 Å². The summed E-state index contributed by atoms with van der Waals surface area (Å²) in [4.78, 5) is 6.39. The zero-order valence-corrected chi connectivity index (χ0v) is 10.5. The van der Waals surface area contributed by atoms with Crippen molar-refractivity contribution in [2.75, 3.05) is 11.9 Å². The van der Waals surface area contributed by atoms with Crippen LogP contribution in [-0.2, 0) is 6.18 Å². The standard InChI is InChI=1S/C10H13ClF3N3O/c1-5(2)6(18)4-15-8-3-7(11)16-9(17-8)10(12,13)14/h3,5-6,18H,4H2,1-2H3,(H,15,16,17). The van der Waals surface area contributed by atoms with Gasteiger partial charge in [0.1, 0.15) is 11.0 Å². The molecule has 1 unspecified atom stereocenters. The molecule has 1 heterocycles. The first-order chi connectivity index (χ1) is 8.20. The number of hydrogen-bond acceptors (Lipinski definition) is 4. The van der Waals surface area contributed by atoms with Gasteiger partial charge in [-0.1, -0.05) is 25.4 Å². The topological polar surface area (TPSA) is 58.0 Å². The highest BCUT2D eigenvalue weighted by atomic mass is 35.5. The van der Waals surface area contributed by atoms with Gasteiger partial charge in [0.05, 0.1) is 6.10 Å². The Kier molecular flexibility index (Phi) is 4.75. The minimum Gasteiger partial charge on any atom is -0.391 e. The lowest BCUT2D eigenvalue weighted by Crippen LogP contribution is -2.25. The molecule has 0 saturated carbocycles. The van der Waals surface area contributed by atoms with E-state index in [1.165, 1.54) is 6.07 Å². The van der Waals surface area contributed by atoms with E-state index in [-0.39, 0.29) is 23.4 Å². The fourth-order valence-corrected chi connectivity index (χ4v) is 1.26. The Hall–Kier alpha value is -1.08. The van der Waals surface area contributed by atoms with Crippen LogP contribution < -0.4 is 5.32 Å². The molecule has 0 aliphatic rings. The predicted octanol–water partition coefficient (Wildman–Crippen LogP) is 2.58. The zero-order chi connectivity index (χ0) is 13.9. The summed E-state index contributed by atoms with van der Waals surface area (Å²) in [5.41, 5.74) is 0. The largest absolute Gasteiger partial charge is 0.451 e. The summed E-state index contributed by atoms with van der Waals surface area (Å²) in [6, 6.07) is 1.17. The van der Waals surface area contributed by atoms with E-state index in [0.29, 0.717) is 0 Å². The Morgan fingerprint density at radius 3 is 2.50 bits per heavy atom. The van der Waals surface area contributed by atoms with Crippen molar-refractivity contribution >= 4 is 17.4 Å². The van der Waals surface area contributed by atoms with Gasteiger partial charge in [0.2, 0.25) is 5.82 Å². The van der Waals surface area contributed by atoms with E-state index in [1.54, 1.807) is 13.8 Å². The fraction of sp³-hybridized carbons (Fsp3) is 0.600. The van der Waals surface area contributed by atoms with Crippen LogP contribution in [0.25, 0.3) is 0 Å². The monoisotopic (exact) mass is 283 g/mol. The first kappa shape index (κ1) is 15.0. The Labute approximate surface area is 107 Å². The maximum atomic E-state index is 12.4. The molecule has 0 aromatic carbocycles. The second-order valence-electron chi connectivity index (χ2n) is 4.09. The maximum absolute atomic E-state index is 12.4. The normalized spacial score (nSPS) is 13.8. The van der Waals surface area contributed by atoms with Gasteiger partial charge >= 0.3 is 6.18 Å². The molecule has 0 saturated heterocycles. The summed E-state index contributed by atoms with van der Waals surface area (Å²) < 4.78 is 37.2. The van der Waals surface area contributed by atoms with Crippen molar-refractivity contribution in [1.82, 2.24) is 9.97 Å². The Morgan fingerprint density at radius 2 is 2.00 bits per heavy atom. The van der Waals surface area contributed by atoms with E-state index in [2.05, 4.69) is 15.3 Å². The zero-order valence-electron chi connectivity index (χ0n) is 9.79. The molecule has 1 atom stereocenters. The molecular weight excluding hydrogens is 271 g/mol. The molecule has 0 aliphatic heterocycles. The van der Waals surface area contributed by atoms with Gasteiger partial charge in [-0.15, -0.1) is 0 Å². The molecule has 2 N–H and O–H groups in total. The van der Waals surface area contributed by atoms with Crippen LogP contribution in [0.3, 0.4) is 0 Å². The number of hydrogen-bond donors (Lipinski definition) is 2. The average molecular weight is 284 g/mol. The van der Waals surface area contributed by atoms with Gasteiger partial charge < -0.3 is 10.4 Å². The number of aliphatic hydroxyl groups excluding tert-OH is 1. The number of alkyl halides is 3. The van der Waals surface area contributed by atoms with E-state index in [1.807, 2.05) is 0 Å². The van der Waals surface area contributed by atoms with Gasteiger partial charge in [-0.25, -0.2) is 9.97 Å². The summed E-state index contributed by atoms with van der Waals surface area (Å²) in [5.74, 6) is -1.39. The molecule has 0 aliphatic carbocycles. The molecular formula is C10H13ClF3N3O. The first-order valence-electron chi connectivity index (χ1n) is 5.24. The highest BCUT2D eigenvalue weighted by Crippen LogP contribution is 2.28. The summed E-state index contributed by atoms with van der Waals surface area (Å²) >= 11 is 5.48. The van der Waals surface area contributed by atoms with E-state index < -0.39 is 18.1 Å². The summed E-state index contributed by atoms with van der Waals surface area (Å²) in [7, 11) is 0. The highest BCUT2D eigenvalue weighted by molar-refractivity contribution is 6.29. The minimum absolute atomic E-state index is 0.0168. The average Bonchev–Trinajstić information content (AvgIpc) is 2.23. The second kappa shape index (κ2) is 5.71. The highest BCUT2D eigenvalue weighted by Gasteiger charge is 2.35. The third-order valence-corrected chi connectivity index (χ3v) is 2.40. The number of anilines is 1. The summed E-state index contributed by atoms with van der Waals surface area (Å²) in [5, 5.41) is 11.8. The van der Waals surface area contributed by atoms with Crippen LogP contribution in [0.4, 0.5) is 19.0 Å². The molecule has 1 aromatic rings. The molecule has 0 amide bonds. The van der Waals surface area contributed by atoms with Gasteiger partial charge in [0.15, 0.2) is 0 Å². The van der Waals surface area contributed by atoms with E-state index in [9.17, 15) is 18.3 Å². The van der Waals surface area contributed by atoms with Gasteiger partial charge in [-0.05, 0) is 5.92 Å². The minimum atomic E-state index is -4.65. The molecule has 1 rings (SSSR count). The van der Waals surface area contributed by atoms with Crippen molar-refractivity contribution in [1.29, 1.82) is 0 Å². The first-order valence-corrected chi connectivity index (χ1v) is 5.61.